The highest BCUT2D eigenvalue weighted by atomic mass is 35.5. The van der Waals surface area contributed by atoms with E-state index in [9.17, 15) is 4.79 Å². The molecule has 1 aromatic carbocycles. The Kier molecular flexibility index (Phi) is 4.99. The van der Waals surface area contributed by atoms with E-state index in [2.05, 4.69) is 19.2 Å². The van der Waals surface area contributed by atoms with Gasteiger partial charge in [0.25, 0.3) is 0 Å². The highest BCUT2D eigenvalue weighted by Gasteiger charge is 2.19. The second kappa shape index (κ2) is 6.07. The molecule has 1 amide bonds. The first kappa shape index (κ1) is 14.8. The van der Waals surface area contributed by atoms with E-state index >= 15 is 0 Å². The Hall–Kier alpha value is -1.26. The second-order valence-electron chi connectivity index (χ2n) is 4.48. The first-order valence-corrected chi connectivity index (χ1v) is 6.41. The maximum Gasteiger partial charge on any atom is 0.250 e. The predicted molar refractivity (Wildman–Crippen MR) is 76.0 cm³/mol. The van der Waals surface area contributed by atoms with Crippen LogP contribution >= 0.6 is 11.6 Å². The molecule has 100 valence electrons. The maximum absolute atomic E-state index is 11.0. The largest absolute Gasteiger partial charge is 0.383 e. The predicted octanol–water partition coefficient (Wildman–Crippen LogP) is 2.37. The molecule has 0 atom stereocenters. The fourth-order valence-electron chi connectivity index (χ4n) is 1.60. The molecule has 0 saturated heterocycles. The van der Waals surface area contributed by atoms with Gasteiger partial charge < -0.3 is 16.8 Å². The van der Waals surface area contributed by atoms with E-state index in [1.807, 2.05) is 0 Å². The average molecular weight is 270 g/mol. The van der Waals surface area contributed by atoms with Crippen molar-refractivity contribution in [1.82, 2.24) is 0 Å². The number of halogens is 1. The van der Waals surface area contributed by atoms with Gasteiger partial charge in [0, 0.05) is 17.8 Å². The van der Waals surface area contributed by atoms with Gasteiger partial charge in [0.05, 0.1) is 10.6 Å². The monoisotopic (exact) mass is 269 g/mol. The van der Waals surface area contributed by atoms with Crippen molar-refractivity contribution in [3.63, 3.8) is 0 Å². The third kappa shape index (κ3) is 3.62. The van der Waals surface area contributed by atoms with Crippen LogP contribution in [0.3, 0.4) is 0 Å². The van der Waals surface area contributed by atoms with Gasteiger partial charge in [-0.15, -0.1) is 0 Å². The van der Waals surface area contributed by atoms with Crippen molar-refractivity contribution < 1.29 is 4.79 Å². The molecule has 0 heterocycles. The molecule has 0 radical (unpaired) electrons. The number of benzene rings is 1. The van der Waals surface area contributed by atoms with Crippen molar-refractivity contribution in [2.45, 2.75) is 32.2 Å². The minimum Gasteiger partial charge on any atom is -0.383 e. The van der Waals surface area contributed by atoms with Crippen molar-refractivity contribution in [3.8, 4) is 0 Å². The molecule has 0 aliphatic carbocycles. The maximum atomic E-state index is 11.0. The van der Waals surface area contributed by atoms with Crippen LogP contribution in [-0.4, -0.2) is 18.0 Å². The number of anilines is 1. The van der Waals surface area contributed by atoms with Crippen LogP contribution in [0.2, 0.25) is 5.02 Å². The first-order chi connectivity index (χ1) is 8.41. The summed E-state index contributed by atoms with van der Waals surface area (Å²) in [6.45, 7) is 4.79. The first-order valence-electron chi connectivity index (χ1n) is 6.04. The van der Waals surface area contributed by atoms with Crippen molar-refractivity contribution in [1.29, 1.82) is 0 Å². The zero-order chi connectivity index (χ0) is 13.8. The molecule has 0 bridgehead atoms. The van der Waals surface area contributed by atoms with Crippen molar-refractivity contribution >= 4 is 23.2 Å². The van der Waals surface area contributed by atoms with Gasteiger partial charge in [-0.05, 0) is 31.0 Å². The number of nitrogens with two attached hydrogens (primary N) is 2. The Morgan fingerprint density at radius 3 is 2.44 bits per heavy atom. The van der Waals surface area contributed by atoms with Crippen LogP contribution < -0.4 is 16.8 Å². The molecule has 4 nitrogen and oxygen atoms in total. The summed E-state index contributed by atoms with van der Waals surface area (Å²) in [7, 11) is 0. The lowest BCUT2D eigenvalue weighted by molar-refractivity contribution is 0.100. The van der Waals surface area contributed by atoms with Gasteiger partial charge in [0.15, 0.2) is 0 Å². The molecule has 0 spiro atoms. The van der Waals surface area contributed by atoms with Gasteiger partial charge in [-0.3, -0.25) is 4.79 Å². The number of primary amides is 1. The summed E-state index contributed by atoms with van der Waals surface area (Å²) in [6.07, 6.45) is 1.78. The van der Waals surface area contributed by atoms with Crippen LogP contribution in [0.4, 0.5) is 5.69 Å². The Morgan fingerprint density at radius 1 is 1.39 bits per heavy atom. The van der Waals surface area contributed by atoms with Gasteiger partial charge in [-0.25, -0.2) is 0 Å². The Morgan fingerprint density at radius 2 is 2.00 bits per heavy atom. The molecular weight excluding hydrogens is 250 g/mol. The molecule has 0 aromatic heterocycles. The fourth-order valence-corrected chi connectivity index (χ4v) is 1.88. The Labute approximate surface area is 113 Å². The molecule has 0 unspecified atom stereocenters. The molecule has 18 heavy (non-hydrogen) atoms. The summed E-state index contributed by atoms with van der Waals surface area (Å²) >= 11 is 5.97. The minimum atomic E-state index is -0.526. The summed E-state index contributed by atoms with van der Waals surface area (Å²) in [4.78, 5) is 11.0. The van der Waals surface area contributed by atoms with Gasteiger partial charge >= 0.3 is 0 Å². The summed E-state index contributed by atoms with van der Waals surface area (Å²) in [5, 5.41) is 3.58. The number of rotatable bonds is 6. The van der Waals surface area contributed by atoms with Crippen molar-refractivity contribution in [2.75, 3.05) is 11.9 Å². The lowest BCUT2D eigenvalue weighted by Gasteiger charge is -2.27. The summed E-state index contributed by atoms with van der Waals surface area (Å²) in [5.74, 6) is -0.526. The molecule has 5 heteroatoms. The number of nitrogens with one attached hydrogen (secondary N) is 1. The number of amides is 1. The van der Waals surface area contributed by atoms with Gasteiger partial charge in [0.1, 0.15) is 0 Å². The topological polar surface area (TPSA) is 81.1 Å². The van der Waals surface area contributed by atoms with Crippen molar-refractivity contribution in [3.05, 3.63) is 28.8 Å². The molecule has 0 aliphatic heterocycles. The number of carbonyl (C=O) groups excluding carboxylic acids is 1. The van der Waals surface area contributed by atoms with E-state index in [0.29, 0.717) is 17.1 Å². The molecule has 0 fully saturated rings. The standard InChI is InChI=1S/C13H20ClN3O/c1-3-13(16,4-2)8-17-9-5-6-10(12(15)18)11(14)7-9/h5-7,17H,3-4,8,16H2,1-2H3,(H2,15,18). The highest BCUT2D eigenvalue weighted by Crippen LogP contribution is 2.21. The molecule has 0 aliphatic rings. The fraction of sp³-hybridized carbons (Fsp3) is 0.462. The third-order valence-corrected chi connectivity index (χ3v) is 3.60. The van der Waals surface area contributed by atoms with Crippen LogP contribution in [-0.2, 0) is 0 Å². The Balaban J connectivity index is 2.75. The molecule has 5 N–H and O–H groups in total. The van der Waals surface area contributed by atoms with Crippen LogP contribution in [0.5, 0.6) is 0 Å². The lowest BCUT2D eigenvalue weighted by Crippen LogP contribution is -2.45. The average Bonchev–Trinajstić information content (AvgIpc) is 2.35. The summed E-state index contributed by atoms with van der Waals surface area (Å²) in [6, 6.07) is 5.08. The number of hydrogen-bond donors (Lipinski definition) is 3. The zero-order valence-electron chi connectivity index (χ0n) is 10.8. The zero-order valence-corrected chi connectivity index (χ0v) is 11.6. The minimum absolute atomic E-state index is 0.227. The third-order valence-electron chi connectivity index (χ3n) is 3.29. The molecule has 1 rings (SSSR count). The molecular formula is C13H20ClN3O. The smallest absolute Gasteiger partial charge is 0.250 e. The molecule has 0 saturated carbocycles. The number of carbonyl (C=O) groups is 1. The van der Waals surface area contributed by atoms with E-state index < -0.39 is 5.91 Å². The summed E-state index contributed by atoms with van der Waals surface area (Å²) in [5.41, 5.74) is 12.3. The van der Waals surface area contributed by atoms with E-state index in [1.54, 1.807) is 18.2 Å². The molecule has 1 aromatic rings. The lowest BCUT2D eigenvalue weighted by atomic mass is 9.94. The van der Waals surface area contributed by atoms with Crippen LogP contribution in [0.1, 0.15) is 37.0 Å². The van der Waals surface area contributed by atoms with Gasteiger partial charge in [-0.1, -0.05) is 25.4 Å². The Bertz CT molecular complexity index is 430. The van der Waals surface area contributed by atoms with Crippen molar-refractivity contribution in [2.24, 2.45) is 11.5 Å². The second-order valence-corrected chi connectivity index (χ2v) is 4.89. The normalized spacial score (nSPS) is 11.3. The van der Waals surface area contributed by atoms with Crippen LogP contribution in [0.25, 0.3) is 0 Å². The van der Waals surface area contributed by atoms with Crippen LogP contribution in [0, 0.1) is 0 Å². The SMILES string of the molecule is CCC(N)(CC)CNc1ccc(C(N)=O)c(Cl)c1. The van der Waals surface area contributed by atoms with E-state index in [4.69, 9.17) is 23.1 Å². The van der Waals surface area contributed by atoms with E-state index in [1.165, 1.54) is 0 Å². The number of hydrogen-bond acceptors (Lipinski definition) is 3. The van der Waals surface area contributed by atoms with Gasteiger partial charge in [0.2, 0.25) is 5.91 Å². The summed E-state index contributed by atoms with van der Waals surface area (Å²) < 4.78 is 0. The van der Waals surface area contributed by atoms with Crippen LogP contribution in [0.15, 0.2) is 18.2 Å². The quantitative estimate of drug-likeness (QED) is 0.742. The highest BCUT2D eigenvalue weighted by molar-refractivity contribution is 6.34. The van der Waals surface area contributed by atoms with E-state index in [-0.39, 0.29) is 5.54 Å². The van der Waals surface area contributed by atoms with E-state index in [0.717, 1.165) is 18.5 Å². The van der Waals surface area contributed by atoms with Gasteiger partial charge in [-0.2, -0.15) is 0 Å².